The van der Waals surface area contributed by atoms with E-state index in [1.807, 2.05) is 0 Å². The zero-order chi connectivity index (χ0) is 15.6. The van der Waals surface area contributed by atoms with Crippen LogP contribution in [0, 0.1) is 11.6 Å². The number of nitrogen functional groups attached to an aromatic ring is 1. The molecule has 0 saturated carbocycles. The quantitative estimate of drug-likeness (QED) is 0.582. The monoisotopic (exact) mass is 332 g/mol. The van der Waals surface area contributed by atoms with E-state index < -0.39 is 11.6 Å². The van der Waals surface area contributed by atoms with E-state index >= 15 is 0 Å². The highest BCUT2D eigenvalue weighted by atomic mass is 35.5. The fraction of sp³-hybridized carbons (Fsp3) is 0.154. The van der Waals surface area contributed by atoms with E-state index in [1.54, 1.807) is 25.1 Å². The molecule has 0 aliphatic heterocycles. The molecule has 4 nitrogen and oxygen atoms in total. The highest BCUT2D eigenvalue weighted by molar-refractivity contribution is 6.35. The summed E-state index contributed by atoms with van der Waals surface area (Å²) in [7, 11) is 0. The fourth-order valence-electron chi connectivity index (χ4n) is 1.80. The van der Waals surface area contributed by atoms with Crippen molar-refractivity contribution in [3.05, 3.63) is 51.5 Å². The third-order valence-electron chi connectivity index (χ3n) is 2.85. The number of hydrogen-bond donors (Lipinski definition) is 3. The maximum Gasteiger partial charge on any atom is 0.178 e. The van der Waals surface area contributed by atoms with Crippen LogP contribution in [-0.4, -0.2) is 4.98 Å². The van der Waals surface area contributed by atoms with E-state index in [2.05, 4.69) is 15.7 Å². The first-order valence-electron chi connectivity index (χ1n) is 5.96. The van der Waals surface area contributed by atoms with Gasteiger partial charge in [-0.3, -0.25) is 0 Å². The number of rotatable bonds is 4. The lowest BCUT2D eigenvalue weighted by atomic mass is 10.1. The highest BCUT2D eigenvalue weighted by Gasteiger charge is 2.16. The van der Waals surface area contributed by atoms with Crippen LogP contribution in [0.3, 0.4) is 0 Å². The number of hydrazine groups is 1. The van der Waals surface area contributed by atoms with Gasteiger partial charge in [0.1, 0.15) is 0 Å². The first-order valence-corrected chi connectivity index (χ1v) is 6.72. The molecule has 8 heteroatoms. The van der Waals surface area contributed by atoms with Gasteiger partial charge >= 0.3 is 0 Å². The van der Waals surface area contributed by atoms with E-state index in [-0.39, 0.29) is 17.7 Å². The SMILES string of the molecule is CC(Nc1nc(NN)c(F)cc1F)c1ccc(Cl)cc1Cl. The van der Waals surface area contributed by atoms with Crippen molar-refractivity contribution in [2.45, 2.75) is 13.0 Å². The van der Waals surface area contributed by atoms with Gasteiger partial charge in [-0.25, -0.2) is 19.6 Å². The molecule has 2 aromatic rings. The standard InChI is InChI=1S/C13H12Cl2F2N4/c1-6(8-3-2-7(14)4-9(8)15)19-12-10(16)5-11(17)13(20-12)21-18/h2-6H,18H2,1H3,(H2,19,20,21). The second-order valence-electron chi connectivity index (χ2n) is 4.33. The van der Waals surface area contributed by atoms with Crippen molar-refractivity contribution in [2.75, 3.05) is 10.7 Å². The number of pyridine rings is 1. The molecule has 4 N–H and O–H groups in total. The Labute approximate surface area is 130 Å². The van der Waals surface area contributed by atoms with Crippen LogP contribution in [0.5, 0.6) is 0 Å². The first kappa shape index (κ1) is 15.8. The minimum atomic E-state index is -0.877. The summed E-state index contributed by atoms with van der Waals surface area (Å²) in [6.45, 7) is 1.76. The van der Waals surface area contributed by atoms with E-state index in [1.165, 1.54) is 0 Å². The summed E-state index contributed by atoms with van der Waals surface area (Å²) < 4.78 is 27.0. The van der Waals surface area contributed by atoms with Crippen LogP contribution in [0.2, 0.25) is 10.0 Å². The molecule has 1 aromatic carbocycles. The number of hydrogen-bond acceptors (Lipinski definition) is 4. The van der Waals surface area contributed by atoms with Crippen molar-refractivity contribution in [2.24, 2.45) is 5.84 Å². The molecule has 0 aliphatic rings. The summed E-state index contributed by atoms with van der Waals surface area (Å²) in [6, 6.07) is 5.29. The van der Waals surface area contributed by atoms with Crippen molar-refractivity contribution in [3.8, 4) is 0 Å². The van der Waals surface area contributed by atoms with Gasteiger partial charge in [0.2, 0.25) is 0 Å². The molecule has 1 aromatic heterocycles. The Bertz CT molecular complexity index is 667. The van der Waals surface area contributed by atoms with Crippen LogP contribution in [0.4, 0.5) is 20.4 Å². The van der Waals surface area contributed by atoms with Crippen molar-refractivity contribution in [1.82, 2.24) is 4.98 Å². The zero-order valence-corrected chi connectivity index (χ0v) is 12.4. The number of nitrogens with two attached hydrogens (primary N) is 1. The van der Waals surface area contributed by atoms with Crippen molar-refractivity contribution in [1.29, 1.82) is 0 Å². The number of nitrogens with zero attached hydrogens (tertiary/aromatic N) is 1. The Morgan fingerprint density at radius 3 is 2.43 bits per heavy atom. The third-order valence-corrected chi connectivity index (χ3v) is 3.41. The van der Waals surface area contributed by atoms with Crippen molar-refractivity contribution in [3.63, 3.8) is 0 Å². The second-order valence-corrected chi connectivity index (χ2v) is 5.17. The predicted molar refractivity (Wildman–Crippen MR) is 80.5 cm³/mol. The molecule has 0 bridgehead atoms. The molecule has 1 atom stereocenters. The molecular formula is C13H12Cl2F2N4. The first-order chi connectivity index (χ1) is 9.92. The zero-order valence-electron chi connectivity index (χ0n) is 10.9. The van der Waals surface area contributed by atoms with Gasteiger partial charge in [0.15, 0.2) is 23.3 Å². The molecule has 0 radical (unpaired) electrons. The second kappa shape index (κ2) is 6.43. The number of nitrogens with one attached hydrogen (secondary N) is 2. The number of aromatic nitrogens is 1. The summed E-state index contributed by atoms with van der Waals surface area (Å²) in [6.07, 6.45) is 0. The van der Waals surface area contributed by atoms with Crippen molar-refractivity contribution < 1.29 is 8.78 Å². The largest absolute Gasteiger partial charge is 0.361 e. The Morgan fingerprint density at radius 2 is 1.81 bits per heavy atom. The number of halogens is 4. The Kier molecular flexibility index (Phi) is 4.82. The molecule has 21 heavy (non-hydrogen) atoms. The molecule has 1 unspecified atom stereocenters. The molecule has 0 aliphatic carbocycles. The van der Waals surface area contributed by atoms with Gasteiger partial charge in [-0.05, 0) is 24.6 Å². The summed E-state index contributed by atoms with van der Waals surface area (Å²) >= 11 is 11.9. The molecule has 2 rings (SSSR count). The fourth-order valence-corrected chi connectivity index (χ4v) is 2.38. The molecule has 112 valence electrons. The Hall–Kier alpha value is -1.63. The Balaban J connectivity index is 2.29. The molecular weight excluding hydrogens is 321 g/mol. The summed E-state index contributed by atoms with van der Waals surface area (Å²) in [5.41, 5.74) is 2.76. The van der Waals surface area contributed by atoms with Gasteiger partial charge < -0.3 is 10.7 Å². The van der Waals surface area contributed by atoms with Crippen LogP contribution in [0.25, 0.3) is 0 Å². The lowest BCUT2D eigenvalue weighted by Crippen LogP contribution is -2.15. The van der Waals surface area contributed by atoms with Gasteiger partial charge in [-0.1, -0.05) is 29.3 Å². The van der Waals surface area contributed by atoms with Gasteiger partial charge in [0.05, 0.1) is 6.04 Å². The van der Waals surface area contributed by atoms with E-state index in [9.17, 15) is 8.78 Å². The summed E-state index contributed by atoms with van der Waals surface area (Å²) in [5, 5.41) is 3.74. The Morgan fingerprint density at radius 1 is 1.14 bits per heavy atom. The number of benzene rings is 1. The molecule has 1 heterocycles. The van der Waals surface area contributed by atoms with Gasteiger partial charge in [-0.15, -0.1) is 0 Å². The smallest absolute Gasteiger partial charge is 0.178 e. The van der Waals surface area contributed by atoms with Crippen LogP contribution in [0.15, 0.2) is 24.3 Å². The van der Waals surface area contributed by atoms with E-state index in [0.29, 0.717) is 21.7 Å². The average Bonchev–Trinajstić information content (AvgIpc) is 2.41. The van der Waals surface area contributed by atoms with Crippen LogP contribution in [-0.2, 0) is 0 Å². The van der Waals surface area contributed by atoms with Crippen LogP contribution in [0.1, 0.15) is 18.5 Å². The molecule has 0 spiro atoms. The maximum absolute atomic E-state index is 13.7. The minimum Gasteiger partial charge on any atom is -0.361 e. The topological polar surface area (TPSA) is 63.0 Å². The van der Waals surface area contributed by atoms with Crippen molar-refractivity contribution >= 4 is 34.8 Å². The van der Waals surface area contributed by atoms with Crippen LogP contribution >= 0.6 is 23.2 Å². The number of anilines is 2. The third kappa shape index (κ3) is 3.53. The molecule has 0 fully saturated rings. The predicted octanol–water partition coefficient (Wildman–Crippen LogP) is 4.13. The van der Waals surface area contributed by atoms with E-state index in [0.717, 1.165) is 0 Å². The highest BCUT2D eigenvalue weighted by Crippen LogP contribution is 2.29. The van der Waals surface area contributed by atoms with Gasteiger partial charge in [0, 0.05) is 16.1 Å². The summed E-state index contributed by atoms with van der Waals surface area (Å²) in [4.78, 5) is 3.74. The summed E-state index contributed by atoms with van der Waals surface area (Å²) in [5.74, 6) is 3.01. The van der Waals surface area contributed by atoms with Crippen LogP contribution < -0.4 is 16.6 Å². The van der Waals surface area contributed by atoms with E-state index in [4.69, 9.17) is 29.0 Å². The maximum atomic E-state index is 13.7. The van der Waals surface area contributed by atoms with Gasteiger partial charge in [0.25, 0.3) is 0 Å². The normalized spacial score (nSPS) is 12.1. The molecule has 0 saturated heterocycles. The lowest BCUT2D eigenvalue weighted by Gasteiger charge is -2.17. The average molecular weight is 333 g/mol. The lowest BCUT2D eigenvalue weighted by molar-refractivity contribution is 0.576. The minimum absolute atomic E-state index is 0.136. The molecule has 0 amide bonds. The van der Waals surface area contributed by atoms with Gasteiger partial charge in [-0.2, -0.15) is 0 Å².